The Morgan fingerprint density at radius 2 is 1.71 bits per heavy atom. The van der Waals surface area contributed by atoms with E-state index >= 15 is 0 Å². The van der Waals surface area contributed by atoms with Crippen molar-refractivity contribution in [2.75, 3.05) is 11.6 Å². The Labute approximate surface area is 128 Å². The lowest BCUT2D eigenvalue weighted by atomic mass is 10.1. The van der Waals surface area contributed by atoms with Crippen LogP contribution in [0.1, 0.15) is 33.2 Å². The van der Waals surface area contributed by atoms with Crippen molar-refractivity contribution in [3.05, 3.63) is 65.2 Å². The number of hydrogen-bond acceptors (Lipinski definition) is 3. The van der Waals surface area contributed by atoms with Crippen LogP contribution in [0.3, 0.4) is 0 Å². The molecule has 0 unspecified atom stereocenters. The van der Waals surface area contributed by atoms with Crippen LogP contribution >= 0.6 is 11.8 Å². The molecule has 0 bridgehead atoms. The first-order valence-electron chi connectivity index (χ1n) is 6.61. The predicted molar refractivity (Wildman–Crippen MR) is 88.1 cm³/mol. The van der Waals surface area contributed by atoms with Crippen LogP contribution in [0.4, 0.5) is 5.69 Å². The number of anilines is 1. The third-order valence-corrected chi connectivity index (χ3v) is 3.70. The summed E-state index contributed by atoms with van der Waals surface area (Å²) >= 11 is 1.74. The summed E-state index contributed by atoms with van der Waals surface area (Å²) in [5.74, 6) is 0.648. The van der Waals surface area contributed by atoms with E-state index in [1.165, 1.54) is 12.5 Å². The summed E-state index contributed by atoms with van der Waals surface area (Å²) in [5.41, 5.74) is 2.83. The van der Waals surface area contributed by atoms with Gasteiger partial charge in [-0.05, 0) is 43.0 Å². The molecule has 2 aromatic carbocycles. The minimum absolute atomic E-state index is 0.0683. The molecule has 0 atom stereocenters. The summed E-state index contributed by atoms with van der Waals surface area (Å²) in [4.78, 5) is 23.8. The second kappa shape index (κ2) is 7.09. The first-order chi connectivity index (χ1) is 10.1. The second-order valence-corrected chi connectivity index (χ2v) is 5.55. The summed E-state index contributed by atoms with van der Waals surface area (Å²) in [6.45, 7) is 1.49. The molecule has 0 fully saturated rings. The van der Waals surface area contributed by atoms with Crippen LogP contribution in [0.5, 0.6) is 0 Å². The Bertz CT molecular complexity index is 650. The van der Waals surface area contributed by atoms with Gasteiger partial charge in [0.1, 0.15) is 0 Å². The SMILES string of the molecule is CSCc1ccc(C(=O)Nc2ccccc2C(C)=O)cc1. The van der Waals surface area contributed by atoms with E-state index in [1.54, 1.807) is 48.2 Å². The highest BCUT2D eigenvalue weighted by Gasteiger charge is 2.11. The molecule has 3 nitrogen and oxygen atoms in total. The van der Waals surface area contributed by atoms with Gasteiger partial charge in [-0.3, -0.25) is 9.59 Å². The van der Waals surface area contributed by atoms with Gasteiger partial charge in [-0.25, -0.2) is 0 Å². The summed E-state index contributed by atoms with van der Waals surface area (Å²) in [5, 5.41) is 2.79. The van der Waals surface area contributed by atoms with Crippen molar-refractivity contribution < 1.29 is 9.59 Å². The van der Waals surface area contributed by atoms with E-state index in [-0.39, 0.29) is 11.7 Å². The summed E-state index contributed by atoms with van der Waals surface area (Å²) in [6, 6.07) is 14.5. The molecular weight excluding hydrogens is 282 g/mol. The average molecular weight is 299 g/mol. The average Bonchev–Trinajstić information content (AvgIpc) is 2.48. The lowest BCUT2D eigenvalue weighted by molar-refractivity contribution is 0.101. The number of para-hydroxylation sites is 1. The lowest BCUT2D eigenvalue weighted by Crippen LogP contribution is -2.14. The van der Waals surface area contributed by atoms with Crippen LogP contribution in [-0.4, -0.2) is 17.9 Å². The van der Waals surface area contributed by atoms with Crippen molar-refractivity contribution in [2.24, 2.45) is 0 Å². The summed E-state index contributed by atoms with van der Waals surface area (Å²) < 4.78 is 0. The quantitative estimate of drug-likeness (QED) is 0.849. The van der Waals surface area contributed by atoms with Crippen molar-refractivity contribution in [2.45, 2.75) is 12.7 Å². The molecule has 0 aliphatic heterocycles. The minimum atomic E-state index is -0.209. The molecule has 0 radical (unpaired) electrons. The van der Waals surface area contributed by atoms with Crippen molar-refractivity contribution in [1.82, 2.24) is 0 Å². The van der Waals surface area contributed by atoms with Gasteiger partial charge in [0.15, 0.2) is 5.78 Å². The molecule has 0 spiro atoms. The van der Waals surface area contributed by atoms with Gasteiger partial charge in [0.25, 0.3) is 5.91 Å². The minimum Gasteiger partial charge on any atom is -0.321 e. The van der Waals surface area contributed by atoms with E-state index in [0.29, 0.717) is 16.8 Å². The monoisotopic (exact) mass is 299 g/mol. The van der Waals surface area contributed by atoms with Crippen LogP contribution in [0.15, 0.2) is 48.5 Å². The van der Waals surface area contributed by atoms with Crippen LogP contribution in [-0.2, 0) is 5.75 Å². The van der Waals surface area contributed by atoms with E-state index in [2.05, 4.69) is 5.32 Å². The van der Waals surface area contributed by atoms with Crippen molar-refractivity contribution in [3.8, 4) is 0 Å². The van der Waals surface area contributed by atoms with Gasteiger partial charge in [0.2, 0.25) is 0 Å². The molecule has 21 heavy (non-hydrogen) atoms. The lowest BCUT2D eigenvalue weighted by Gasteiger charge is -2.09. The number of hydrogen-bond donors (Lipinski definition) is 1. The van der Waals surface area contributed by atoms with Crippen LogP contribution in [0.25, 0.3) is 0 Å². The number of carbonyl (C=O) groups is 2. The number of benzene rings is 2. The number of ketones is 1. The predicted octanol–water partition coefficient (Wildman–Crippen LogP) is 4.00. The maximum absolute atomic E-state index is 12.2. The topological polar surface area (TPSA) is 46.2 Å². The highest BCUT2D eigenvalue weighted by atomic mass is 32.2. The number of Topliss-reactive ketones (excluding diaryl/α,β-unsaturated/α-hetero) is 1. The van der Waals surface area contributed by atoms with Crippen molar-refractivity contribution in [1.29, 1.82) is 0 Å². The summed E-state index contributed by atoms with van der Waals surface area (Å²) in [7, 11) is 0. The van der Waals surface area contributed by atoms with Gasteiger partial charge < -0.3 is 5.32 Å². The highest BCUT2D eigenvalue weighted by molar-refractivity contribution is 7.97. The molecule has 1 N–H and O–H groups in total. The molecule has 1 amide bonds. The standard InChI is InChI=1S/C17H17NO2S/c1-12(19)15-5-3-4-6-16(15)18-17(20)14-9-7-13(8-10-14)11-21-2/h3-10H,11H2,1-2H3,(H,18,20). The fourth-order valence-electron chi connectivity index (χ4n) is 2.01. The zero-order chi connectivity index (χ0) is 15.2. The Kier molecular flexibility index (Phi) is 5.17. The molecule has 108 valence electrons. The fraction of sp³-hybridized carbons (Fsp3) is 0.176. The molecule has 0 aliphatic rings. The molecule has 0 aliphatic carbocycles. The van der Waals surface area contributed by atoms with Gasteiger partial charge >= 0.3 is 0 Å². The summed E-state index contributed by atoms with van der Waals surface area (Å²) in [6.07, 6.45) is 2.04. The number of carbonyl (C=O) groups excluding carboxylic acids is 2. The number of thioether (sulfide) groups is 1. The van der Waals surface area contributed by atoms with Gasteiger partial charge in [0, 0.05) is 16.9 Å². The van der Waals surface area contributed by atoms with Gasteiger partial charge in [-0.1, -0.05) is 24.3 Å². The largest absolute Gasteiger partial charge is 0.321 e. The molecule has 0 saturated heterocycles. The van der Waals surface area contributed by atoms with Crippen LogP contribution < -0.4 is 5.32 Å². The van der Waals surface area contributed by atoms with Gasteiger partial charge in [-0.15, -0.1) is 0 Å². The van der Waals surface area contributed by atoms with Crippen LogP contribution in [0.2, 0.25) is 0 Å². The Hall–Kier alpha value is -2.07. The van der Waals surface area contributed by atoms with Crippen LogP contribution in [0, 0.1) is 0 Å². The zero-order valence-corrected chi connectivity index (χ0v) is 12.9. The Balaban J connectivity index is 2.16. The zero-order valence-electron chi connectivity index (χ0n) is 12.1. The van der Waals surface area contributed by atoms with Crippen molar-refractivity contribution in [3.63, 3.8) is 0 Å². The van der Waals surface area contributed by atoms with E-state index in [9.17, 15) is 9.59 Å². The smallest absolute Gasteiger partial charge is 0.255 e. The molecule has 2 aromatic rings. The second-order valence-electron chi connectivity index (χ2n) is 4.69. The Morgan fingerprint density at radius 3 is 2.33 bits per heavy atom. The Morgan fingerprint density at radius 1 is 1.05 bits per heavy atom. The fourth-order valence-corrected chi connectivity index (χ4v) is 2.54. The third-order valence-electron chi connectivity index (χ3n) is 3.08. The van der Waals surface area contributed by atoms with E-state index in [0.717, 1.165) is 5.75 Å². The number of rotatable bonds is 5. The first kappa shape index (κ1) is 15.3. The maximum Gasteiger partial charge on any atom is 0.255 e. The van der Waals surface area contributed by atoms with Crippen molar-refractivity contribution >= 4 is 29.1 Å². The van der Waals surface area contributed by atoms with E-state index in [4.69, 9.17) is 0 Å². The first-order valence-corrected chi connectivity index (χ1v) is 8.00. The van der Waals surface area contributed by atoms with E-state index in [1.807, 2.05) is 18.4 Å². The molecule has 0 saturated carbocycles. The highest BCUT2D eigenvalue weighted by Crippen LogP contribution is 2.17. The number of amides is 1. The molecule has 0 aromatic heterocycles. The third kappa shape index (κ3) is 3.95. The van der Waals surface area contributed by atoms with Gasteiger partial charge in [0.05, 0.1) is 5.69 Å². The molecular formula is C17H17NO2S. The van der Waals surface area contributed by atoms with E-state index < -0.39 is 0 Å². The maximum atomic E-state index is 12.2. The molecule has 4 heteroatoms. The normalized spacial score (nSPS) is 10.2. The van der Waals surface area contributed by atoms with Gasteiger partial charge in [-0.2, -0.15) is 11.8 Å². The number of nitrogens with one attached hydrogen (secondary N) is 1. The molecule has 0 heterocycles. The molecule has 2 rings (SSSR count).